The number of benzene rings is 1. The first kappa shape index (κ1) is 17.8. The molecule has 0 radical (unpaired) electrons. The van der Waals surface area contributed by atoms with Gasteiger partial charge in [0, 0.05) is 12.6 Å². The number of alkyl halides is 3. The van der Waals surface area contributed by atoms with Crippen LogP contribution < -0.4 is 4.74 Å². The summed E-state index contributed by atoms with van der Waals surface area (Å²) >= 11 is 0. The summed E-state index contributed by atoms with van der Waals surface area (Å²) in [5.41, 5.74) is -0.0621. The van der Waals surface area contributed by atoms with Crippen LogP contribution >= 0.6 is 0 Å². The molecular formula is C17H16F3NO3. The van der Waals surface area contributed by atoms with Crippen LogP contribution in [-0.2, 0) is 22.1 Å². The number of ether oxygens (including phenoxy) is 2. The number of carbonyl (C=O) groups excluding carboxylic acids is 1. The van der Waals surface area contributed by atoms with Gasteiger partial charge in [-0.05, 0) is 36.2 Å². The maximum Gasteiger partial charge on any atom is 0.416 e. The average molecular weight is 339 g/mol. The second-order valence-corrected chi connectivity index (χ2v) is 4.95. The molecular weight excluding hydrogens is 323 g/mol. The van der Waals surface area contributed by atoms with Crippen LogP contribution in [0.4, 0.5) is 13.2 Å². The summed E-state index contributed by atoms with van der Waals surface area (Å²) in [6, 6.07) is 8.19. The predicted molar refractivity (Wildman–Crippen MR) is 80.5 cm³/mol. The lowest BCUT2D eigenvalue weighted by Crippen LogP contribution is -2.12. The van der Waals surface area contributed by atoms with Crippen molar-refractivity contribution in [2.24, 2.45) is 0 Å². The lowest BCUT2D eigenvalue weighted by atomic mass is 10.1. The van der Waals surface area contributed by atoms with Gasteiger partial charge in [0.15, 0.2) is 0 Å². The Balaban J connectivity index is 1.66. The molecule has 0 amide bonds. The van der Waals surface area contributed by atoms with Crippen LogP contribution in [-0.4, -0.2) is 24.2 Å². The molecule has 2 aromatic rings. The van der Waals surface area contributed by atoms with Gasteiger partial charge in [-0.15, -0.1) is 0 Å². The maximum absolute atomic E-state index is 12.4. The smallest absolute Gasteiger partial charge is 0.416 e. The summed E-state index contributed by atoms with van der Waals surface area (Å²) in [6.45, 7) is 0.304. The molecule has 0 saturated heterocycles. The van der Waals surface area contributed by atoms with E-state index in [0.29, 0.717) is 17.7 Å². The van der Waals surface area contributed by atoms with Crippen LogP contribution in [0.2, 0.25) is 0 Å². The number of esters is 1. The van der Waals surface area contributed by atoms with E-state index in [1.807, 2.05) is 0 Å². The standard InChI is InChI=1S/C17H16F3NO3/c18-17(19,20)14-6-3-13(4-7-14)5-8-16(22)24-11-10-23-15-2-1-9-21-12-15/h1-4,6-7,9,12H,5,8,10-11H2. The number of aromatic nitrogens is 1. The van der Waals surface area contributed by atoms with Gasteiger partial charge in [-0.3, -0.25) is 9.78 Å². The number of rotatable bonds is 7. The largest absolute Gasteiger partial charge is 0.488 e. The summed E-state index contributed by atoms with van der Waals surface area (Å²) in [6.07, 6.45) is -0.773. The second-order valence-electron chi connectivity index (χ2n) is 4.95. The van der Waals surface area contributed by atoms with Crippen molar-refractivity contribution in [1.29, 1.82) is 0 Å². The highest BCUT2D eigenvalue weighted by Gasteiger charge is 2.29. The molecule has 4 nitrogen and oxygen atoms in total. The van der Waals surface area contributed by atoms with E-state index in [0.717, 1.165) is 12.1 Å². The molecule has 1 aromatic heterocycles. The summed E-state index contributed by atoms with van der Waals surface area (Å²) in [7, 11) is 0. The molecule has 128 valence electrons. The third-order valence-electron chi connectivity index (χ3n) is 3.15. The molecule has 0 aliphatic carbocycles. The van der Waals surface area contributed by atoms with E-state index in [1.165, 1.54) is 12.1 Å². The van der Waals surface area contributed by atoms with Crippen molar-refractivity contribution in [1.82, 2.24) is 4.98 Å². The maximum atomic E-state index is 12.4. The van der Waals surface area contributed by atoms with Crippen molar-refractivity contribution in [2.45, 2.75) is 19.0 Å². The van der Waals surface area contributed by atoms with Gasteiger partial charge in [0.2, 0.25) is 0 Å². The normalized spacial score (nSPS) is 11.1. The first-order valence-electron chi connectivity index (χ1n) is 7.30. The second kappa shape index (κ2) is 8.33. The Hall–Kier alpha value is -2.57. The molecule has 24 heavy (non-hydrogen) atoms. The van der Waals surface area contributed by atoms with Gasteiger partial charge < -0.3 is 9.47 Å². The number of halogens is 3. The Bertz CT molecular complexity index is 642. The lowest BCUT2D eigenvalue weighted by Gasteiger charge is -2.08. The summed E-state index contributed by atoms with van der Waals surface area (Å²) in [5.74, 6) is 0.156. The first-order valence-corrected chi connectivity index (χ1v) is 7.30. The highest BCUT2D eigenvalue weighted by molar-refractivity contribution is 5.69. The number of pyridine rings is 1. The fourth-order valence-electron chi connectivity index (χ4n) is 1.93. The Labute approximate surface area is 137 Å². The molecule has 0 spiro atoms. The molecule has 1 aromatic carbocycles. The Morgan fingerprint density at radius 1 is 1.08 bits per heavy atom. The zero-order valence-corrected chi connectivity index (χ0v) is 12.8. The van der Waals surface area contributed by atoms with Crippen LogP contribution in [0, 0.1) is 0 Å². The molecule has 0 aliphatic heterocycles. The van der Waals surface area contributed by atoms with Gasteiger partial charge in [-0.2, -0.15) is 13.2 Å². The number of carbonyl (C=O) groups is 1. The molecule has 0 saturated carbocycles. The molecule has 0 unspecified atom stereocenters. The van der Waals surface area contributed by atoms with Gasteiger partial charge >= 0.3 is 12.1 Å². The highest BCUT2D eigenvalue weighted by atomic mass is 19.4. The van der Waals surface area contributed by atoms with Crippen molar-refractivity contribution in [3.8, 4) is 5.75 Å². The van der Waals surface area contributed by atoms with E-state index < -0.39 is 17.7 Å². The van der Waals surface area contributed by atoms with Crippen LogP contribution in [0.3, 0.4) is 0 Å². The highest BCUT2D eigenvalue weighted by Crippen LogP contribution is 2.29. The minimum atomic E-state index is -4.36. The Morgan fingerprint density at radius 2 is 1.83 bits per heavy atom. The van der Waals surface area contributed by atoms with Crippen molar-refractivity contribution in [3.63, 3.8) is 0 Å². The van der Waals surface area contributed by atoms with Crippen LogP contribution in [0.1, 0.15) is 17.5 Å². The summed E-state index contributed by atoms with van der Waals surface area (Å²) in [4.78, 5) is 15.5. The van der Waals surface area contributed by atoms with E-state index in [2.05, 4.69) is 4.98 Å². The quantitative estimate of drug-likeness (QED) is 0.571. The van der Waals surface area contributed by atoms with Crippen molar-refractivity contribution < 1.29 is 27.4 Å². The predicted octanol–water partition coefficient (Wildman–Crippen LogP) is 3.66. The summed E-state index contributed by atoms with van der Waals surface area (Å²) < 4.78 is 47.6. The number of nitrogens with zero attached hydrogens (tertiary/aromatic N) is 1. The number of aryl methyl sites for hydroxylation is 1. The van der Waals surface area contributed by atoms with Crippen LogP contribution in [0.5, 0.6) is 5.75 Å². The lowest BCUT2D eigenvalue weighted by molar-refractivity contribution is -0.144. The molecule has 1 heterocycles. The molecule has 0 N–H and O–H groups in total. The molecule has 7 heteroatoms. The van der Waals surface area contributed by atoms with Crippen molar-refractivity contribution >= 4 is 5.97 Å². The van der Waals surface area contributed by atoms with E-state index in [9.17, 15) is 18.0 Å². The van der Waals surface area contributed by atoms with Crippen LogP contribution in [0.25, 0.3) is 0 Å². The number of hydrogen-bond donors (Lipinski definition) is 0. The fraction of sp³-hybridized carbons (Fsp3) is 0.294. The average Bonchev–Trinajstić information content (AvgIpc) is 2.57. The van der Waals surface area contributed by atoms with Gasteiger partial charge in [0.25, 0.3) is 0 Å². The fourth-order valence-corrected chi connectivity index (χ4v) is 1.93. The number of hydrogen-bond acceptors (Lipinski definition) is 4. The Kier molecular flexibility index (Phi) is 6.17. The molecule has 0 aliphatic rings. The van der Waals surface area contributed by atoms with E-state index in [4.69, 9.17) is 9.47 Å². The van der Waals surface area contributed by atoms with Crippen molar-refractivity contribution in [2.75, 3.05) is 13.2 Å². The van der Waals surface area contributed by atoms with Crippen molar-refractivity contribution in [3.05, 3.63) is 59.9 Å². The zero-order valence-electron chi connectivity index (χ0n) is 12.8. The SMILES string of the molecule is O=C(CCc1ccc(C(F)(F)F)cc1)OCCOc1cccnc1. The van der Waals surface area contributed by atoms with Gasteiger partial charge in [0.05, 0.1) is 11.8 Å². The monoisotopic (exact) mass is 339 g/mol. The molecule has 0 atom stereocenters. The first-order chi connectivity index (χ1) is 11.4. The summed E-state index contributed by atoms with van der Waals surface area (Å²) in [5, 5.41) is 0. The van der Waals surface area contributed by atoms with E-state index in [1.54, 1.807) is 24.5 Å². The van der Waals surface area contributed by atoms with E-state index >= 15 is 0 Å². The zero-order chi connectivity index (χ0) is 17.4. The van der Waals surface area contributed by atoms with E-state index in [-0.39, 0.29) is 19.6 Å². The molecule has 0 bridgehead atoms. The van der Waals surface area contributed by atoms with Crippen LogP contribution in [0.15, 0.2) is 48.8 Å². The third-order valence-corrected chi connectivity index (χ3v) is 3.15. The third kappa shape index (κ3) is 5.91. The van der Waals surface area contributed by atoms with Gasteiger partial charge in [-0.25, -0.2) is 0 Å². The molecule has 2 rings (SSSR count). The Morgan fingerprint density at radius 3 is 2.46 bits per heavy atom. The van der Waals surface area contributed by atoms with Gasteiger partial charge in [0.1, 0.15) is 19.0 Å². The minimum absolute atomic E-state index is 0.0955. The molecule has 0 fully saturated rings. The minimum Gasteiger partial charge on any atom is -0.488 e. The topological polar surface area (TPSA) is 48.4 Å². The van der Waals surface area contributed by atoms with Gasteiger partial charge in [-0.1, -0.05) is 12.1 Å².